The molecule has 2 rings (SSSR count). The number of carbonyl (C=O) groups is 1. The Morgan fingerprint density at radius 2 is 2.19 bits per heavy atom. The van der Waals surface area contributed by atoms with Crippen LogP contribution in [0.4, 0.5) is 0 Å². The van der Waals surface area contributed by atoms with E-state index >= 15 is 0 Å². The van der Waals surface area contributed by atoms with Gasteiger partial charge in [0.2, 0.25) is 0 Å². The average Bonchev–Trinajstić information content (AvgIpc) is 2.93. The third kappa shape index (κ3) is 3.61. The van der Waals surface area contributed by atoms with E-state index in [0.717, 1.165) is 24.0 Å². The predicted octanol–water partition coefficient (Wildman–Crippen LogP) is 2.40. The number of hydrogen-bond donors (Lipinski definition) is 2. The molecule has 0 saturated carbocycles. The van der Waals surface area contributed by atoms with Gasteiger partial charge in [0.05, 0.1) is 17.4 Å². The highest BCUT2D eigenvalue weighted by Crippen LogP contribution is 2.19. The Labute approximate surface area is 125 Å². The molecule has 1 amide bonds. The van der Waals surface area contributed by atoms with Crippen molar-refractivity contribution < 1.29 is 4.79 Å². The maximum Gasteiger partial charge on any atom is 0.253 e. The highest BCUT2D eigenvalue weighted by atomic mass is 16.2. The molecule has 1 heterocycles. The number of imidazole rings is 1. The maximum absolute atomic E-state index is 12.7. The van der Waals surface area contributed by atoms with Gasteiger partial charge in [0.1, 0.15) is 0 Å². The number of nitrogens with one attached hydrogen (secondary N) is 1. The fourth-order valence-corrected chi connectivity index (χ4v) is 2.35. The standard InChI is InChI=1S/C16H24N4O/c1-4-7-20(10-16(2,3)9-17)15(21)12-5-6-13-14(8-12)19-11-18-13/h5-6,8,11H,4,7,9-10,17H2,1-3H3,(H,18,19). The molecule has 0 bridgehead atoms. The summed E-state index contributed by atoms with van der Waals surface area (Å²) in [7, 11) is 0. The smallest absolute Gasteiger partial charge is 0.253 e. The van der Waals surface area contributed by atoms with Crippen molar-refractivity contribution in [3.05, 3.63) is 30.1 Å². The zero-order valence-electron chi connectivity index (χ0n) is 13.0. The van der Waals surface area contributed by atoms with Crippen molar-refractivity contribution in [2.75, 3.05) is 19.6 Å². The summed E-state index contributed by atoms with van der Waals surface area (Å²) in [5, 5.41) is 0. The average molecular weight is 288 g/mol. The first-order valence-electron chi connectivity index (χ1n) is 7.39. The van der Waals surface area contributed by atoms with Gasteiger partial charge >= 0.3 is 0 Å². The summed E-state index contributed by atoms with van der Waals surface area (Å²) in [5.41, 5.74) is 8.16. The van der Waals surface area contributed by atoms with Crippen molar-refractivity contribution in [2.24, 2.45) is 11.1 Å². The lowest BCUT2D eigenvalue weighted by atomic mass is 9.92. The van der Waals surface area contributed by atoms with Crippen molar-refractivity contribution in [3.8, 4) is 0 Å². The summed E-state index contributed by atoms with van der Waals surface area (Å²) >= 11 is 0. The number of carbonyl (C=O) groups excluding carboxylic acids is 1. The predicted molar refractivity (Wildman–Crippen MR) is 85.1 cm³/mol. The first-order valence-corrected chi connectivity index (χ1v) is 7.39. The number of nitrogens with zero attached hydrogens (tertiary/aromatic N) is 2. The Morgan fingerprint density at radius 3 is 2.86 bits per heavy atom. The van der Waals surface area contributed by atoms with Crippen LogP contribution in [-0.4, -0.2) is 40.4 Å². The van der Waals surface area contributed by atoms with E-state index in [1.807, 2.05) is 23.1 Å². The van der Waals surface area contributed by atoms with Crippen molar-refractivity contribution in [2.45, 2.75) is 27.2 Å². The maximum atomic E-state index is 12.7. The number of fused-ring (bicyclic) bond motifs is 1. The lowest BCUT2D eigenvalue weighted by molar-refractivity contribution is 0.0689. The number of nitrogens with two attached hydrogens (primary N) is 1. The van der Waals surface area contributed by atoms with Crippen molar-refractivity contribution in [3.63, 3.8) is 0 Å². The van der Waals surface area contributed by atoms with Crippen molar-refractivity contribution in [1.29, 1.82) is 0 Å². The van der Waals surface area contributed by atoms with Gasteiger partial charge in [-0.15, -0.1) is 0 Å². The second-order valence-electron chi connectivity index (χ2n) is 6.23. The van der Waals surface area contributed by atoms with Gasteiger partial charge in [-0.1, -0.05) is 20.8 Å². The van der Waals surface area contributed by atoms with Gasteiger partial charge in [0, 0.05) is 18.7 Å². The first kappa shape index (κ1) is 15.5. The summed E-state index contributed by atoms with van der Waals surface area (Å²) < 4.78 is 0. The van der Waals surface area contributed by atoms with Crippen LogP contribution in [0.15, 0.2) is 24.5 Å². The zero-order valence-corrected chi connectivity index (χ0v) is 13.0. The molecular weight excluding hydrogens is 264 g/mol. The van der Waals surface area contributed by atoms with Crippen molar-refractivity contribution in [1.82, 2.24) is 14.9 Å². The topological polar surface area (TPSA) is 75.0 Å². The SMILES string of the molecule is CCCN(CC(C)(C)CN)C(=O)c1ccc2nc[nH]c2c1. The van der Waals surface area contributed by atoms with Crippen molar-refractivity contribution >= 4 is 16.9 Å². The number of aromatic amines is 1. The number of amides is 1. The van der Waals surface area contributed by atoms with Gasteiger partial charge in [0.15, 0.2) is 0 Å². The minimum atomic E-state index is -0.0804. The molecular formula is C16H24N4O. The Hall–Kier alpha value is -1.88. The quantitative estimate of drug-likeness (QED) is 0.857. The molecule has 114 valence electrons. The van der Waals surface area contributed by atoms with Crippen LogP contribution in [0, 0.1) is 5.41 Å². The molecule has 0 saturated heterocycles. The molecule has 0 spiro atoms. The molecule has 0 aliphatic carbocycles. The molecule has 0 unspecified atom stereocenters. The Balaban J connectivity index is 2.24. The van der Waals surface area contributed by atoms with Crippen LogP contribution in [0.5, 0.6) is 0 Å². The van der Waals surface area contributed by atoms with Crippen LogP contribution in [0.2, 0.25) is 0 Å². The molecule has 5 nitrogen and oxygen atoms in total. The molecule has 2 aromatic rings. The van der Waals surface area contributed by atoms with Crippen LogP contribution < -0.4 is 5.73 Å². The normalized spacial score (nSPS) is 11.8. The monoisotopic (exact) mass is 288 g/mol. The van der Waals surface area contributed by atoms with Gasteiger partial charge in [-0.05, 0) is 36.6 Å². The zero-order chi connectivity index (χ0) is 15.5. The molecule has 0 radical (unpaired) electrons. The molecule has 0 aliphatic rings. The minimum absolute atomic E-state index is 0.0508. The molecule has 1 aromatic heterocycles. The van der Waals surface area contributed by atoms with Gasteiger partial charge in [-0.25, -0.2) is 4.98 Å². The second kappa shape index (κ2) is 6.26. The van der Waals surface area contributed by atoms with E-state index in [-0.39, 0.29) is 11.3 Å². The lowest BCUT2D eigenvalue weighted by Crippen LogP contribution is -2.42. The van der Waals surface area contributed by atoms with E-state index in [1.165, 1.54) is 0 Å². The molecule has 0 aliphatic heterocycles. The summed E-state index contributed by atoms with van der Waals surface area (Å²) in [6, 6.07) is 5.57. The fourth-order valence-electron chi connectivity index (χ4n) is 2.35. The van der Waals surface area contributed by atoms with Gasteiger partial charge in [-0.2, -0.15) is 0 Å². The van der Waals surface area contributed by atoms with E-state index in [9.17, 15) is 4.79 Å². The summed E-state index contributed by atoms with van der Waals surface area (Å²) in [6.45, 7) is 8.20. The van der Waals surface area contributed by atoms with E-state index < -0.39 is 0 Å². The molecule has 5 heteroatoms. The Bertz CT molecular complexity index is 618. The van der Waals surface area contributed by atoms with E-state index in [2.05, 4.69) is 30.7 Å². The number of H-pyrrole nitrogens is 1. The Kier molecular flexibility index (Phi) is 4.63. The van der Waals surface area contributed by atoms with Crippen LogP contribution in [-0.2, 0) is 0 Å². The Morgan fingerprint density at radius 1 is 1.43 bits per heavy atom. The van der Waals surface area contributed by atoms with Gasteiger partial charge in [-0.3, -0.25) is 4.79 Å². The fraction of sp³-hybridized carbons (Fsp3) is 0.500. The number of benzene rings is 1. The molecule has 0 fully saturated rings. The van der Waals surface area contributed by atoms with E-state index in [1.54, 1.807) is 6.33 Å². The third-order valence-electron chi connectivity index (χ3n) is 3.62. The lowest BCUT2D eigenvalue weighted by Gasteiger charge is -2.31. The largest absolute Gasteiger partial charge is 0.345 e. The molecule has 21 heavy (non-hydrogen) atoms. The first-order chi connectivity index (χ1) is 9.96. The summed E-state index contributed by atoms with van der Waals surface area (Å²) in [4.78, 5) is 21.9. The van der Waals surface area contributed by atoms with Crippen LogP contribution in [0.1, 0.15) is 37.6 Å². The minimum Gasteiger partial charge on any atom is -0.345 e. The summed E-state index contributed by atoms with van der Waals surface area (Å²) in [6.07, 6.45) is 2.57. The number of aromatic nitrogens is 2. The van der Waals surface area contributed by atoms with E-state index in [4.69, 9.17) is 5.73 Å². The summed E-state index contributed by atoms with van der Waals surface area (Å²) in [5.74, 6) is 0.0508. The molecule has 3 N–H and O–H groups in total. The number of hydrogen-bond acceptors (Lipinski definition) is 3. The third-order valence-corrected chi connectivity index (χ3v) is 3.62. The van der Waals surface area contributed by atoms with Crippen LogP contribution in [0.3, 0.4) is 0 Å². The number of rotatable bonds is 6. The van der Waals surface area contributed by atoms with Gasteiger partial charge in [0.25, 0.3) is 5.91 Å². The highest BCUT2D eigenvalue weighted by Gasteiger charge is 2.24. The highest BCUT2D eigenvalue weighted by molar-refractivity contribution is 5.97. The van der Waals surface area contributed by atoms with E-state index in [0.29, 0.717) is 18.7 Å². The molecule has 0 atom stereocenters. The van der Waals surface area contributed by atoms with Gasteiger partial charge < -0.3 is 15.6 Å². The molecule has 1 aromatic carbocycles. The second-order valence-corrected chi connectivity index (χ2v) is 6.23. The van der Waals surface area contributed by atoms with Crippen LogP contribution >= 0.6 is 0 Å². The van der Waals surface area contributed by atoms with Crippen LogP contribution in [0.25, 0.3) is 11.0 Å².